The Morgan fingerprint density at radius 3 is 2.42 bits per heavy atom. The van der Waals surface area contributed by atoms with Gasteiger partial charge in [0.2, 0.25) is 0 Å². The highest BCUT2D eigenvalue weighted by molar-refractivity contribution is 6.32. The molecular formula is C15H16ClNO2. The minimum absolute atomic E-state index is 0.474. The summed E-state index contributed by atoms with van der Waals surface area (Å²) in [5.74, 6) is 1.87. The average Bonchev–Trinajstić information content (AvgIpc) is 2.42. The summed E-state index contributed by atoms with van der Waals surface area (Å²) in [7, 11) is 1.62. The molecule has 0 amide bonds. The highest BCUT2D eigenvalue weighted by Gasteiger charge is 2.09. The molecule has 100 valence electrons. The third kappa shape index (κ3) is 3.12. The number of hydrogen-bond acceptors (Lipinski definition) is 3. The first-order valence-electron chi connectivity index (χ1n) is 6.04. The molecule has 0 saturated heterocycles. The summed E-state index contributed by atoms with van der Waals surface area (Å²) in [6, 6.07) is 11.0. The maximum atomic E-state index is 6.09. The van der Waals surface area contributed by atoms with Crippen LogP contribution in [0.25, 0.3) is 0 Å². The first-order valence-corrected chi connectivity index (χ1v) is 6.41. The lowest BCUT2D eigenvalue weighted by molar-refractivity contribution is 0.378. The van der Waals surface area contributed by atoms with Crippen LogP contribution in [-0.2, 0) is 6.42 Å². The van der Waals surface area contributed by atoms with Gasteiger partial charge in [-0.25, -0.2) is 0 Å². The molecule has 0 radical (unpaired) electrons. The molecule has 0 bridgehead atoms. The van der Waals surface area contributed by atoms with Gasteiger partial charge in [-0.15, -0.1) is 0 Å². The van der Waals surface area contributed by atoms with Crippen LogP contribution in [0.3, 0.4) is 0 Å². The molecule has 0 atom stereocenters. The smallest absolute Gasteiger partial charge is 0.169 e. The predicted molar refractivity (Wildman–Crippen MR) is 78.3 cm³/mol. The first kappa shape index (κ1) is 13.6. The highest BCUT2D eigenvalue weighted by Crippen LogP contribution is 2.36. The van der Waals surface area contributed by atoms with Gasteiger partial charge in [0.15, 0.2) is 11.5 Å². The molecule has 0 fully saturated rings. The third-order valence-electron chi connectivity index (χ3n) is 2.81. The van der Waals surface area contributed by atoms with E-state index in [4.69, 9.17) is 26.8 Å². The monoisotopic (exact) mass is 277 g/mol. The number of nitrogen functional groups attached to an aromatic ring is 1. The van der Waals surface area contributed by atoms with E-state index in [1.807, 2.05) is 18.2 Å². The molecular weight excluding hydrogens is 262 g/mol. The largest absolute Gasteiger partial charge is 0.493 e. The molecule has 2 aromatic carbocycles. The number of ether oxygens (including phenoxy) is 2. The second kappa shape index (κ2) is 5.85. The van der Waals surface area contributed by atoms with Crippen molar-refractivity contribution in [1.29, 1.82) is 0 Å². The van der Waals surface area contributed by atoms with Crippen LogP contribution in [-0.4, -0.2) is 7.11 Å². The lowest BCUT2D eigenvalue weighted by atomic mass is 10.1. The summed E-state index contributed by atoms with van der Waals surface area (Å²) in [5, 5.41) is 0.474. The van der Waals surface area contributed by atoms with Crippen molar-refractivity contribution in [3.63, 3.8) is 0 Å². The van der Waals surface area contributed by atoms with Gasteiger partial charge in [0, 0.05) is 5.69 Å². The number of rotatable bonds is 4. The molecule has 0 heterocycles. The summed E-state index contributed by atoms with van der Waals surface area (Å²) in [4.78, 5) is 0. The Bertz CT molecular complexity index is 584. The minimum Gasteiger partial charge on any atom is -0.493 e. The van der Waals surface area contributed by atoms with Crippen molar-refractivity contribution in [1.82, 2.24) is 0 Å². The van der Waals surface area contributed by atoms with E-state index >= 15 is 0 Å². The lowest BCUT2D eigenvalue weighted by Gasteiger charge is -2.12. The maximum absolute atomic E-state index is 6.09. The van der Waals surface area contributed by atoms with E-state index in [1.54, 1.807) is 25.3 Å². The Morgan fingerprint density at radius 1 is 1.05 bits per heavy atom. The van der Waals surface area contributed by atoms with E-state index in [2.05, 4.69) is 6.92 Å². The Balaban J connectivity index is 2.32. The van der Waals surface area contributed by atoms with E-state index in [9.17, 15) is 0 Å². The molecule has 4 heteroatoms. The van der Waals surface area contributed by atoms with Gasteiger partial charge in [0.25, 0.3) is 0 Å². The van der Waals surface area contributed by atoms with Crippen molar-refractivity contribution in [2.24, 2.45) is 0 Å². The van der Waals surface area contributed by atoms with Gasteiger partial charge < -0.3 is 15.2 Å². The Hall–Kier alpha value is -1.87. The molecule has 0 aliphatic rings. The summed E-state index contributed by atoms with van der Waals surface area (Å²) in [6.45, 7) is 2.09. The summed E-state index contributed by atoms with van der Waals surface area (Å²) < 4.78 is 11.1. The summed E-state index contributed by atoms with van der Waals surface area (Å²) in [5.41, 5.74) is 7.44. The number of methoxy groups -OCH3 is 1. The van der Waals surface area contributed by atoms with Crippen molar-refractivity contribution in [3.05, 3.63) is 47.0 Å². The Morgan fingerprint density at radius 2 is 1.79 bits per heavy atom. The van der Waals surface area contributed by atoms with Crippen LogP contribution in [0.4, 0.5) is 5.69 Å². The number of nitrogens with two attached hydrogens (primary N) is 1. The van der Waals surface area contributed by atoms with Crippen molar-refractivity contribution in [3.8, 4) is 17.2 Å². The Labute approximate surface area is 117 Å². The van der Waals surface area contributed by atoms with E-state index in [0.29, 0.717) is 28.0 Å². The molecule has 0 spiro atoms. The maximum Gasteiger partial charge on any atom is 0.169 e. The van der Waals surface area contributed by atoms with Gasteiger partial charge in [-0.3, -0.25) is 0 Å². The van der Waals surface area contributed by atoms with Crippen molar-refractivity contribution < 1.29 is 9.47 Å². The SMILES string of the molecule is CCc1ccc(Oc2ccc(N)cc2Cl)c(OC)c1. The zero-order valence-electron chi connectivity index (χ0n) is 10.9. The van der Waals surface area contributed by atoms with Gasteiger partial charge in [0.1, 0.15) is 5.75 Å². The molecule has 2 aromatic rings. The van der Waals surface area contributed by atoms with Crippen molar-refractivity contribution in [2.75, 3.05) is 12.8 Å². The van der Waals surface area contributed by atoms with Crippen LogP contribution in [0.5, 0.6) is 17.2 Å². The second-order valence-corrected chi connectivity index (χ2v) is 4.54. The predicted octanol–water partition coefficient (Wildman–Crippen LogP) is 4.29. The normalized spacial score (nSPS) is 10.3. The van der Waals surface area contributed by atoms with E-state index in [0.717, 1.165) is 6.42 Å². The molecule has 0 saturated carbocycles. The molecule has 0 unspecified atom stereocenters. The molecule has 0 aliphatic heterocycles. The molecule has 19 heavy (non-hydrogen) atoms. The van der Waals surface area contributed by atoms with Gasteiger partial charge in [-0.05, 0) is 42.3 Å². The van der Waals surface area contributed by atoms with Crippen molar-refractivity contribution in [2.45, 2.75) is 13.3 Å². The van der Waals surface area contributed by atoms with Gasteiger partial charge in [0.05, 0.1) is 12.1 Å². The number of anilines is 1. The summed E-state index contributed by atoms with van der Waals surface area (Å²) >= 11 is 6.09. The third-order valence-corrected chi connectivity index (χ3v) is 3.11. The Kier molecular flexibility index (Phi) is 4.17. The van der Waals surface area contributed by atoms with Crippen LogP contribution >= 0.6 is 11.6 Å². The lowest BCUT2D eigenvalue weighted by Crippen LogP contribution is -1.93. The van der Waals surface area contributed by atoms with E-state index in [-0.39, 0.29) is 0 Å². The van der Waals surface area contributed by atoms with Crippen LogP contribution < -0.4 is 15.2 Å². The van der Waals surface area contributed by atoms with Crippen molar-refractivity contribution >= 4 is 17.3 Å². The number of hydrogen-bond donors (Lipinski definition) is 1. The second-order valence-electron chi connectivity index (χ2n) is 4.13. The molecule has 0 aromatic heterocycles. The fourth-order valence-electron chi connectivity index (χ4n) is 1.73. The van der Waals surface area contributed by atoms with E-state index in [1.165, 1.54) is 5.56 Å². The topological polar surface area (TPSA) is 44.5 Å². The zero-order chi connectivity index (χ0) is 13.8. The highest BCUT2D eigenvalue weighted by atomic mass is 35.5. The molecule has 2 N–H and O–H groups in total. The van der Waals surface area contributed by atoms with Crippen LogP contribution in [0.2, 0.25) is 5.02 Å². The quantitative estimate of drug-likeness (QED) is 0.848. The van der Waals surface area contributed by atoms with Gasteiger partial charge >= 0.3 is 0 Å². The minimum atomic E-state index is 0.474. The van der Waals surface area contributed by atoms with Crippen LogP contribution in [0, 0.1) is 0 Å². The number of aryl methyl sites for hydroxylation is 1. The first-order chi connectivity index (χ1) is 9.13. The van der Waals surface area contributed by atoms with E-state index < -0.39 is 0 Å². The molecule has 0 aliphatic carbocycles. The molecule has 2 rings (SSSR count). The molecule has 3 nitrogen and oxygen atoms in total. The number of benzene rings is 2. The van der Waals surface area contributed by atoms with Crippen LogP contribution in [0.15, 0.2) is 36.4 Å². The van der Waals surface area contributed by atoms with Gasteiger partial charge in [-0.1, -0.05) is 24.6 Å². The average molecular weight is 278 g/mol. The van der Waals surface area contributed by atoms with Gasteiger partial charge in [-0.2, -0.15) is 0 Å². The standard InChI is InChI=1S/C15H16ClNO2/c1-3-10-4-6-14(15(8-10)18-2)19-13-7-5-11(17)9-12(13)16/h4-9H,3,17H2,1-2H3. The zero-order valence-corrected chi connectivity index (χ0v) is 11.7. The van der Waals surface area contributed by atoms with Crippen LogP contribution in [0.1, 0.15) is 12.5 Å². The fourth-order valence-corrected chi connectivity index (χ4v) is 1.96. The fraction of sp³-hybridized carbons (Fsp3) is 0.200. The summed E-state index contributed by atoms with van der Waals surface area (Å²) in [6.07, 6.45) is 0.944. The number of halogens is 1.